The summed E-state index contributed by atoms with van der Waals surface area (Å²) >= 11 is 1.31. The van der Waals surface area contributed by atoms with E-state index in [4.69, 9.17) is 0 Å². The summed E-state index contributed by atoms with van der Waals surface area (Å²) in [6.07, 6.45) is 2.06. The molecule has 0 atom stereocenters. The van der Waals surface area contributed by atoms with Crippen molar-refractivity contribution in [2.75, 3.05) is 5.32 Å². The number of nitrogens with zero attached hydrogens (tertiary/aromatic N) is 2. The summed E-state index contributed by atoms with van der Waals surface area (Å²) in [6, 6.07) is 7.99. The summed E-state index contributed by atoms with van der Waals surface area (Å²) in [5.74, 6) is 0.763. The normalized spacial score (nSPS) is 13.7. The highest BCUT2D eigenvalue weighted by Crippen LogP contribution is 2.35. The number of aromatic amines is 1. The van der Waals surface area contributed by atoms with E-state index in [0.29, 0.717) is 6.42 Å². The summed E-state index contributed by atoms with van der Waals surface area (Å²) < 4.78 is 0. The molecule has 4 rings (SSSR count). The Morgan fingerprint density at radius 3 is 3.10 bits per heavy atom. The molecule has 1 aromatic carbocycles. The number of H-pyrrole nitrogens is 1. The molecule has 0 bridgehead atoms. The van der Waals surface area contributed by atoms with E-state index in [1.165, 1.54) is 18.1 Å². The van der Waals surface area contributed by atoms with E-state index in [-0.39, 0.29) is 5.12 Å². The maximum absolute atomic E-state index is 11.5. The summed E-state index contributed by atoms with van der Waals surface area (Å²) in [7, 11) is 0. The highest BCUT2D eigenvalue weighted by Gasteiger charge is 2.19. The van der Waals surface area contributed by atoms with E-state index in [1.807, 2.05) is 31.2 Å². The van der Waals surface area contributed by atoms with Gasteiger partial charge in [-0.2, -0.15) is 0 Å². The number of hydrogen-bond donors (Lipinski definition) is 2. The molecule has 21 heavy (non-hydrogen) atoms. The van der Waals surface area contributed by atoms with Crippen LogP contribution in [0.15, 0.2) is 35.5 Å². The highest BCUT2D eigenvalue weighted by molar-refractivity contribution is 8.14. The first-order valence-electron chi connectivity index (χ1n) is 6.60. The van der Waals surface area contributed by atoms with Gasteiger partial charge in [0.05, 0.1) is 5.39 Å². The number of aryl methyl sites for hydroxylation is 1. The van der Waals surface area contributed by atoms with Gasteiger partial charge in [-0.15, -0.1) is 0 Å². The standard InChI is InChI=1S/C15H12N4OS/c1-8-4-11-14(18-8)16-7-17-15(11)19-10-3-2-9-5-13(20)21-12(9)6-10/h2-4,6-7H,5H2,1H3,(H2,16,17,18,19). The third kappa shape index (κ3) is 2.17. The monoisotopic (exact) mass is 296 g/mol. The Hall–Kier alpha value is -2.34. The molecule has 104 valence electrons. The first kappa shape index (κ1) is 12.4. The molecule has 5 nitrogen and oxygen atoms in total. The molecular weight excluding hydrogens is 284 g/mol. The lowest BCUT2D eigenvalue weighted by Crippen LogP contribution is -1.95. The van der Waals surface area contributed by atoms with Gasteiger partial charge in [-0.05, 0) is 30.7 Å². The lowest BCUT2D eigenvalue weighted by Gasteiger charge is -2.07. The van der Waals surface area contributed by atoms with Crippen molar-refractivity contribution in [1.82, 2.24) is 15.0 Å². The number of anilines is 2. The zero-order valence-corrected chi connectivity index (χ0v) is 12.1. The van der Waals surface area contributed by atoms with Crippen molar-refractivity contribution in [1.29, 1.82) is 0 Å². The minimum Gasteiger partial charge on any atom is -0.343 e. The molecule has 3 heterocycles. The lowest BCUT2D eigenvalue weighted by molar-refractivity contribution is -0.110. The van der Waals surface area contributed by atoms with Crippen LogP contribution in [0.2, 0.25) is 0 Å². The van der Waals surface area contributed by atoms with Gasteiger partial charge in [-0.1, -0.05) is 17.8 Å². The largest absolute Gasteiger partial charge is 0.343 e. The van der Waals surface area contributed by atoms with E-state index in [0.717, 1.165) is 38.7 Å². The average molecular weight is 296 g/mol. The zero-order valence-electron chi connectivity index (χ0n) is 11.3. The van der Waals surface area contributed by atoms with Gasteiger partial charge in [0, 0.05) is 22.7 Å². The van der Waals surface area contributed by atoms with Crippen LogP contribution in [0.5, 0.6) is 0 Å². The van der Waals surface area contributed by atoms with Crippen molar-refractivity contribution in [2.24, 2.45) is 0 Å². The van der Waals surface area contributed by atoms with Crippen molar-refractivity contribution >= 4 is 39.4 Å². The summed E-state index contributed by atoms with van der Waals surface area (Å²) in [5, 5.41) is 4.47. The Kier molecular flexibility index (Phi) is 2.71. The molecule has 2 N–H and O–H groups in total. The average Bonchev–Trinajstić information content (AvgIpc) is 2.99. The molecule has 1 aliphatic rings. The van der Waals surface area contributed by atoms with E-state index in [2.05, 4.69) is 20.3 Å². The van der Waals surface area contributed by atoms with Gasteiger partial charge in [0.2, 0.25) is 0 Å². The number of nitrogens with one attached hydrogen (secondary N) is 2. The molecule has 0 radical (unpaired) electrons. The van der Waals surface area contributed by atoms with Crippen LogP contribution in [0.1, 0.15) is 11.3 Å². The van der Waals surface area contributed by atoms with Gasteiger partial charge in [0.1, 0.15) is 17.8 Å². The number of aromatic nitrogens is 3. The second-order valence-corrected chi connectivity index (χ2v) is 6.13. The van der Waals surface area contributed by atoms with Gasteiger partial charge in [0.15, 0.2) is 5.12 Å². The number of benzene rings is 1. The van der Waals surface area contributed by atoms with Gasteiger partial charge in [-0.3, -0.25) is 4.79 Å². The fourth-order valence-electron chi connectivity index (χ4n) is 2.50. The van der Waals surface area contributed by atoms with E-state index < -0.39 is 0 Å². The predicted octanol–water partition coefficient (Wildman–Crippen LogP) is 3.18. The summed E-state index contributed by atoms with van der Waals surface area (Å²) in [6.45, 7) is 1.99. The van der Waals surface area contributed by atoms with Crippen LogP contribution < -0.4 is 5.32 Å². The van der Waals surface area contributed by atoms with Crippen molar-refractivity contribution in [3.8, 4) is 0 Å². The first-order valence-corrected chi connectivity index (χ1v) is 7.41. The van der Waals surface area contributed by atoms with Gasteiger partial charge < -0.3 is 10.3 Å². The fraction of sp³-hybridized carbons (Fsp3) is 0.133. The second-order valence-electron chi connectivity index (χ2n) is 5.04. The SMILES string of the molecule is Cc1cc2c(Nc3ccc4c(c3)SC(=O)C4)ncnc2[nH]1. The Balaban J connectivity index is 1.72. The maximum atomic E-state index is 11.5. The van der Waals surface area contributed by atoms with Gasteiger partial charge >= 0.3 is 0 Å². The number of carbonyl (C=O) groups is 1. The summed E-state index contributed by atoms with van der Waals surface area (Å²) in [5.41, 5.74) is 3.88. The third-order valence-electron chi connectivity index (χ3n) is 3.45. The molecule has 0 saturated carbocycles. The minimum atomic E-state index is 0.202. The van der Waals surface area contributed by atoms with Crippen molar-refractivity contribution < 1.29 is 4.79 Å². The van der Waals surface area contributed by atoms with Gasteiger partial charge in [0.25, 0.3) is 0 Å². The first-order chi connectivity index (χ1) is 10.2. The smallest absolute Gasteiger partial charge is 0.198 e. The number of rotatable bonds is 2. The Bertz CT molecular complexity index is 871. The van der Waals surface area contributed by atoms with E-state index in [9.17, 15) is 4.79 Å². The molecule has 0 amide bonds. The number of hydrogen-bond acceptors (Lipinski definition) is 5. The predicted molar refractivity (Wildman–Crippen MR) is 82.9 cm³/mol. The Morgan fingerprint density at radius 2 is 2.19 bits per heavy atom. The van der Waals surface area contributed by atoms with Crippen LogP contribution in [0.3, 0.4) is 0 Å². The van der Waals surface area contributed by atoms with E-state index >= 15 is 0 Å². The van der Waals surface area contributed by atoms with Crippen molar-refractivity contribution in [3.63, 3.8) is 0 Å². The number of carbonyl (C=O) groups excluding carboxylic acids is 1. The topological polar surface area (TPSA) is 70.7 Å². The van der Waals surface area contributed by atoms with Crippen LogP contribution in [-0.2, 0) is 11.2 Å². The van der Waals surface area contributed by atoms with Crippen molar-refractivity contribution in [2.45, 2.75) is 18.2 Å². The van der Waals surface area contributed by atoms with E-state index in [1.54, 1.807) is 0 Å². The molecule has 0 aliphatic carbocycles. The molecule has 6 heteroatoms. The molecule has 0 fully saturated rings. The molecule has 0 unspecified atom stereocenters. The molecule has 2 aromatic heterocycles. The second kappa shape index (κ2) is 4.60. The molecule has 0 spiro atoms. The van der Waals surface area contributed by atoms with Crippen LogP contribution in [0.4, 0.5) is 11.5 Å². The van der Waals surface area contributed by atoms with Crippen LogP contribution >= 0.6 is 11.8 Å². The molecule has 3 aromatic rings. The Labute approximate surface area is 125 Å². The molecular formula is C15H12N4OS. The minimum absolute atomic E-state index is 0.202. The van der Waals surface area contributed by atoms with Crippen LogP contribution in [0, 0.1) is 6.92 Å². The van der Waals surface area contributed by atoms with Crippen LogP contribution in [0.25, 0.3) is 11.0 Å². The quantitative estimate of drug-likeness (QED) is 0.760. The molecule has 0 saturated heterocycles. The van der Waals surface area contributed by atoms with Crippen molar-refractivity contribution in [3.05, 3.63) is 41.9 Å². The highest BCUT2D eigenvalue weighted by atomic mass is 32.2. The Morgan fingerprint density at radius 1 is 1.29 bits per heavy atom. The lowest BCUT2D eigenvalue weighted by atomic mass is 10.1. The third-order valence-corrected chi connectivity index (χ3v) is 4.42. The maximum Gasteiger partial charge on any atom is 0.198 e. The fourth-order valence-corrected chi connectivity index (χ4v) is 3.43. The molecule has 1 aliphatic heterocycles. The van der Waals surface area contributed by atoms with Crippen LogP contribution in [-0.4, -0.2) is 20.1 Å². The van der Waals surface area contributed by atoms with Gasteiger partial charge in [-0.25, -0.2) is 9.97 Å². The number of thioether (sulfide) groups is 1. The zero-order chi connectivity index (χ0) is 14.4. The number of fused-ring (bicyclic) bond motifs is 2. The summed E-state index contributed by atoms with van der Waals surface area (Å²) in [4.78, 5) is 24.2.